The Morgan fingerprint density at radius 1 is 1.35 bits per heavy atom. The zero-order valence-electron chi connectivity index (χ0n) is 18.5. The standard InChI is InChI=1S/C23H24F2N6O2S/c1-33-17-8-15-13(9-28-30-15)6-16(17)29-20-19-14-3-2-12(7-18(14)34-21(19)27-11-26-20)22(32)31-5-4-23(24,25)10-31/h6,8-9,11-12,22,32H,2-5,7,10H2,1H3,(H,28,30)(H,26,27,29)/t12-,22?/m0/s1. The van der Waals surface area contributed by atoms with Gasteiger partial charge in [-0.3, -0.25) is 10.00 Å². The molecule has 1 unspecified atom stereocenters. The van der Waals surface area contributed by atoms with Crippen molar-refractivity contribution in [1.29, 1.82) is 0 Å². The molecule has 0 radical (unpaired) electrons. The molecule has 1 aromatic carbocycles. The first-order valence-electron chi connectivity index (χ1n) is 11.3. The third-order valence-corrected chi connectivity index (χ3v) is 8.05. The summed E-state index contributed by atoms with van der Waals surface area (Å²) >= 11 is 1.59. The molecule has 1 fully saturated rings. The van der Waals surface area contributed by atoms with E-state index in [0.717, 1.165) is 44.5 Å². The molecule has 1 saturated heterocycles. The maximum absolute atomic E-state index is 13.7. The van der Waals surface area contributed by atoms with Crippen molar-refractivity contribution in [2.45, 2.75) is 37.8 Å². The summed E-state index contributed by atoms with van der Waals surface area (Å²) < 4.78 is 32.9. The molecule has 3 N–H and O–H groups in total. The number of aliphatic hydroxyl groups excluding tert-OH is 1. The van der Waals surface area contributed by atoms with Crippen LogP contribution < -0.4 is 10.1 Å². The number of fused-ring (bicyclic) bond motifs is 4. The average molecular weight is 487 g/mol. The number of ether oxygens (including phenoxy) is 1. The summed E-state index contributed by atoms with van der Waals surface area (Å²) in [5.41, 5.74) is 2.82. The molecule has 0 amide bonds. The summed E-state index contributed by atoms with van der Waals surface area (Å²) in [6.07, 6.45) is 4.34. The van der Waals surface area contributed by atoms with Crippen LogP contribution in [0.25, 0.3) is 21.1 Å². The number of likely N-dealkylation sites (tertiary alicyclic amines) is 1. The number of alkyl halides is 2. The van der Waals surface area contributed by atoms with Crippen LogP contribution in [-0.4, -0.2) is 62.5 Å². The van der Waals surface area contributed by atoms with E-state index in [-0.39, 0.29) is 25.4 Å². The van der Waals surface area contributed by atoms with Crippen LogP contribution in [0.3, 0.4) is 0 Å². The van der Waals surface area contributed by atoms with Crippen molar-refractivity contribution < 1.29 is 18.6 Å². The maximum atomic E-state index is 13.7. The highest BCUT2D eigenvalue weighted by Crippen LogP contribution is 2.43. The average Bonchev–Trinajstić information content (AvgIpc) is 3.53. The number of anilines is 2. The Bertz CT molecular complexity index is 1370. The van der Waals surface area contributed by atoms with Crippen LogP contribution in [0.2, 0.25) is 0 Å². The minimum absolute atomic E-state index is 0.0811. The van der Waals surface area contributed by atoms with Crippen LogP contribution in [-0.2, 0) is 12.8 Å². The van der Waals surface area contributed by atoms with Gasteiger partial charge >= 0.3 is 0 Å². The molecule has 3 aromatic heterocycles. The number of hydrogen-bond donors (Lipinski definition) is 3. The van der Waals surface area contributed by atoms with Crippen molar-refractivity contribution in [3.05, 3.63) is 35.1 Å². The van der Waals surface area contributed by atoms with Gasteiger partial charge in [0.2, 0.25) is 0 Å². The molecule has 0 saturated carbocycles. The second-order valence-electron chi connectivity index (χ2n) is 9.03. The van der Waals surface area contributed by atoms with E-state index < -0.39 is 12.2 Å². The molecule has 4 heterocycles. The molecular weight excluding hydrogens is 462 g/mol. The Morgan fingerprint density at radius 3 is 3.03 bits per heavy atom. The Balaban J connectivity index is 1.30. The first-order chi connectivity index (χ1) is 16.4. The van der Waals surface area contributed by atoms with Gasteiger partial charge in [0.1, 0.15) is 29.0 Å². The number of halogens is 2. The Kier molecular flexibility index (Phi) is 5.16. The number of rotatable bonds is 5. The van der Waals surface area contributed by atoms with Gasteiger partial charge in [0.05, 0.1) is 36.4 Å². The number of aromatic amines is 1. The largest absolute Gasteiger partial charge is 0.494 e. The summed E-state index contributed by atoms with van der Waals surface area (Å²) in [5, 5.41) is 23.2. The number of methoxy groups -OCH3 is 1. The highest BCUT2D eigenvalue weighted by molar-refractivity contribution is 7.19. The van der Waals surface area contributed by atoms with Gasteiger partial charge in [-0.2, -0.15) is 5.10 Å². The van der Waals surface area contributed by atoms with Gasteiger partial charge in [-0.1, -0.05) is 0 Å². The first-order valence-corrected chi connectivity index (χ1v) is 12.1. The van der Waals surface area contributed by atoms with E-state index in [4.69, 9.17) is 4.74 Å². The van der Waals surface area contributed by atoms with E-state index in [1.807, 2.05) is 12.1 Å². The lowest BCUT2D eigenvalue weighted by atomic mass is 9.86. The van der Waals surface area contributed by atoms with Crippen LogP contribution in [0.1, 0.15) is 23.3 Å². The smallest absolute Gasteiger partial charge is 0.261 e. The van der Waals surface area contributed by atoms with Gasteiger partial charge in [0, 0.05) is 35.2 Å². The lowest BCUT2D eigenvalue weighted by Gasteiger charge is -2.32. The summed E-state index contributed by atoms with van der Waals surface area (Å²) in [7, 11) is 1.62. The summed E-state index contributed by atoms with van der Waals surface area (Å²) in [6, 6.07) is 3.85. The number of aliphatic hydroxyl groups is 1. The number of aryl methyl sites for hydroxylation is 1. The third kappa shape index (κ3) is 3.68. The fourth-order valence-electron chi connectivity index (χ4n) is 5.14. The van der Waals surface area contributed by atoms with Crippen LogP contribution in [0.5, 0.6) is 5.75 Å². The molecule has 4 aromatic rings. The van der Waals surface area contributed by atoms with Crippen molar-refractivity contribution in [1.82, 2.24) is 25.1 Å². The third-order valence-electron chi connectivity index (χ3n) is 6.89. The minimum atomic E-state index is -2.71. The van der Waals surface area contributed by atoms with Crippen molar-refractivity contribution in [3.8, 4) is 5.75 Å². The van der Waals surface area contributed by atoms with E-state index >= 15 is 0 Å². The molecule has 11 heteroatoms. The van der Waals surface area contributed by atoms with Gasteiger partial charge in [-0.15, -0.1) is 11.3 Å². The molecule has 1 aliphatic carbocycles. The topological polar surface area (TPSA) is 99.2 Å². The summed E-state index contributed by atoms with van der Waals surface area (Å²) in [4.78, 5) is 12.5. The Labute approximate surface area is 198 Å². The van der Waals surface area contributed by atoms with E-state index in [0.29, 0.717) is 18.0 Å². The van der Waals surface area contributed by atoms with Gasteiger partial charge < -0.3 is 15.2 Å². The number of nitrogens with one attached hydrogen (secondary N) is 2. The fraction of sp³-hybridized carbons (Fsp3) is 0.435. The number of hydrogen-bond acceptors (Lipinski definition) is 8. The SMILES string of the molecule is COc1cc2[nH]ncc2cc1Nc1ncnc2sc3c(c12)CC[C@H](C(O)N1CCC(F)(F)C1)C3. The van der Waals surface area contributed by atoms with Crippen LogP contribution >= 0.6 is 11.3 Å². The summed E-state index contributed by atoms with van der Waals surface area (Å²) in [5.74, 6) is -1.43. The molecule has 6 rings (SSSR count). The maximum Gasteiger partial charge on any atom is 0.261 e. The van der Waals surface area contributed by atoms with Crippen molar-refractivity contribution in [3.63, 3.8) is 0 Å². The van der Waals surface area contributed by atoms with Crippen LogP contribution in [0.4, 0.5) is 20.3 Å². The van der Waals surface area contributed by atoms with E-state index in [2.05, 4.69) is 25.5 Å². The van der Waals surface area contributed by atoms with Crippen molar-refractivity contribution >= 4 is 44.0 Å². The molecule has 0 spiro atoms. The second kappa shape index (κ2) is 8.10. The van der Waals surface area contributed by atoms with Gasteiger partial charge in [0.25, 0.3) is 5.92 Å². The minimum Gasteiger partial charge on any atom is -0.494 e. The summed E-state index contributed by atoms with van der Waals surface area (Å²) in [6.45, 7) is -0.140. The zero-order chi connectivity index (χ0) is 23.4. The second-order valence-corrected chi connectivity index (χ2v) is 10.1. The molecule has 34 heavy (non-hydrogen) atoms. The molecule has 1 aliphatic heterocycles. The van der Waals surface area contributed by atoms with Gasteiger partial charge in [-0.05, 0) is 30.9 Å². The lowest BCUT2D eigenvalue weighted by molar-refractivity contribution is -0.0574. The van der Waals surface area contributed by atoms with Gasteiger partial charge in [-0.25, -0.2) is 18.7 Å². The first kappa shape index (κ1) is 21.6. The number of H-pyrrole nitrogens is 1. The Morgan fingerprint density at radius 2 is 2.24 bits per heavy atom. The Hall–Kier alpha value is -2.89. The van der Waals surface area contributed by atoms with E-state index in [9.17, 15) is 13.9 Å². The predicted octanol–water partition coefficient (Wildman–Crippen LogP) is 4.08. The number of nitrogens with zero attached hydrogens (tertiary/aromatic N) is 4. The molecule has 2 atom stereocenters. The van der Waals surface area contributed by atoms with Crippen molar-refractivity contribution in [2.75, 3.05) is 25.5 Å². The number of thiophene rings is 1. The molecule has 8 nitrogen and oxygen atoms in total. The monoisotopic (exact) mass is 486 g/mol. The fourth-order valence-corrected chi connectivity index (χ4v) is 6.42. The highest BCUT2D eigenvalue weighted by atomic mass is 32.1. The number of aromatic nitrogens is 4. The molecule has 2 aliphatic rings. The normalized spacial score (nSPS) is 21.1. The number of benzene rings is 1. The van der Waals surface area contributed by atoms with Gasteiger partial charge in [0.15, 0.2) is 0 Å². The van der Waals surface area contributed by atoms with Crippen LogP contribution in [0, 0.1) is 5.92 Å². The molecule has 178 valence electrons. The molecule has 0 bridgehead atoms. The highest BCUT2D eigenvalue weighted by Gasteiger charge is 2.43. The molecular formula is C23H24F2N6O2S. The van der Waals surface area contributed by atoms with E-state index in [1.165, 1.54) is 16.8 Å². The van der Waals surface area contributed by atoms with Crippen LogP contribution in [0.15, 0.2) is 24.7 Å². The van der Waals surface area contributed by atoms with Crippen molar-refractivity contribution in [2.24, 2.45) is 5.92 Å². The quantitative estimate of drug-likeness (QED) is 0.391. The van der Waals surface area contributed by atoms with E-state index in [1.54, 1.807) is 24.6 Å². The lowest BCUT2D eigenvalue weighted by Crippen LogP contribution is -2.42. The zero-order valence-corrected chi connectivity index (χ0v) is 19.3. The predicted molar refractivity (Wildman–Crippen MR) is 126 cm³/mol.